The van der Waals surface area contributed by atoms with Crippen molar-refractivity contribution in [1.82, 2.24) is 5.32 Å². The largest absolute Gasteiger partial charge is 0.394 e. The molecule has 0 fully saturated rings. The first-order valence-corrected chi connectivity index (χ1v) is 21.2. The van der Waals surface area contributed by atoms with E-state index in [1.54, 1.807) is 6.08 Å². The monoisotopic (exact) mass is 696 g/mol. The third kappa shape index (κ3) is 37.1. The van der Waals surface area contributed by atoms with Gasteiger partial charge in [0.15, 0.2) is 0 Å². The lowest BCUT2D eigenvalue weighted by atomic mass is 10.0. The molecule has 0 spiro atoms. The Labute approximate surface area is 310 Å². The Morgan fingerprint density at radius 1 is 0.500 bits per heavy atom. The molecule has 4 heteroatoms. The molecule has 0 radical (unpaired) electrons. The number of allylic oxidation sites excluding steroid dienone is 11. The number of carbonyl (C=O) groups excluding carboxylic acids is 1. The smallest absolute Gasteiger partial charge is 0.220 e. The maximum Gasteiger partial charge on any atom is 0.220 e. The first kappa shape index (κ1) is 47.8. The van der Waals surface area contributed by atoms with Gasteiger partial charge < -0.3 is 15.5 Å². The molecule has 0 rings (SSSR count). The fourth-order valence-corrected chi connectivity index (χ4v) is 5.97. The van der Waals surface area contributed by atoms with Crippen molar-refractivity contribution in [2.75, 3.05) is 6.61 Å². The molecule has 0 heterocycles. The van der Waals surface area contributed by atoms with E-state index >= 15 is 0 Å². The van der Waals surface area contributed by atoms with Crippen LogP contribution in [0.5, 0.6) is 0 Å². The highest BCUT2D eigenvalue weighted by Crippen LogP contribution is 2.14. The quantitative estimate of drug-likeness (QED) is 0.0447. The minimum absolute atomic E-state index is 0.0715. The molecule has 3 N–H and O–H groups in total. The van der Waals surface area contributed by atoms with Crippen LogP contribution in [0.25, 0.3) is 0 Å². The van der Waals surface area contributed by atoms with Crippen molar-refractivity contribution in [1.29, 1.82) is 0 Å². The summed E-state index contributed by atoms with van der Waals surface area (Å²) in [5.74, 6) is -0.0715. The van der Waals surface area contributed by atoms with Crippen molar-refractivity contribution < 1.29 is 15.0 Å². The van der Waals surface area contributed by atoms with E-state index in [0.717, 1.165) is 57.8 Å². The Balaban J connectivity index is 3.53. The van der Waals surface area contributed by atoms with Gasteiger partial charge in [-0.3, -0.25) is 4.79 Å². The van der Waals surface area contributed by atoms with Gasteiger partial charge in [-0.25, -0.2) is 0 Å². The molecule has 0 saturated heterocycles. The zero-order chi connectivity index (χ0) is 36.4. The number of hydrogen-bond donors (Lipinski definition) is 3. The first-order valence-electron chi connectivity index (χ1n) is 21.2. The van der Waals surface area contributed by atoms with E-state index in [9.17, 15) is 15.0 Å². The summed E-state index contributed by atoms with van der Waals surface area (Å²) in [7, 11) is 0. The van der Waals surface area contributed by atoms with Crippen LogP contribution < -0.4 is 5.32 Å². The molecule has 50 heavy (non-hydrogen) atoms. The molecule has 0 bridgehead atoms. The fraction of sp³-hybridized carbons (Fsp3) is 0.717. The number of rotatable bonds is 37. The summed E-state index contributed by atoms with van der Waals surface area (Å²) in [5, 5.41) is 22.8. The molecule has 288 valence electrons. The Morgan fingerprint density at radius 3 is 1.32 bits per heavy atom. The van der Waals surface area contributed by atoms with Crippen LogP contribution in [0.2, 0.25) is 0 Å². The predicted molar refractivity (Wildman–Crippen MR) is 220 cm³/mol. The summed E-state index contributed by atoms with van der Waals surface area (Å²) in [4.78, 5) is 12.3. The molecule has 0 aliphatic carbocycles. The van der Waals surface area contributed by atoms with Crippen molar-refractivity contribution >= 4 is 5.91 Å². The number of carbonyl (C=O) groups is 1. The zero-order valence-corrected chi connectivity index (χ0v) is 32.9. The molecule has 0 aromatic carbocycles. The van der Waals surface area contributed by atoms with E-state index in [1.807, 2.05) is 6.08 Å². The highest BCUT2D eigenvalue weighted by Gasteiger charge is 2.17. The third-order valence-electron chi connectivity index (χ3n) is 9.20. The maximum atomic E-state index is 12.3. The summed E-state index contributed by atoms with van der Waals surface area (Å²) >= 11 is 0. The topological polar surface area (TPSA) is 69.6 Å². The van der Waals surface area contributed by atoms with E-state index in [0.29, 0.717) is 6.42 Å². The number of hydrogen-bond acceptors (Lipinski definition) is 3. The average molecular weight is 696 g/mol. The van der Waals surface area contributed by atoms with Gasteiger partial charge in [0.1, 0.15) is 0 Å². The van der Waals surface area contributed by atoms with Crippen LogP contribution in [0.4, 0.5) is 0 Å². The van der Waals surface area contributed by atoms with E-state index in [1.165, 1.54) is 116 Å². The number of nitrogens with one attached hydrogen (secondary N) is 1. The van der Waals surface area contributed by atoms with Gasteiger partial charge in [0, 0.05) is 6.42 Å². The maximum absolute atomic E-state index is 12.3. The standard InChI is InChI=1S/C46H81NO3/c1-3-5-7-9-11-13-14-15-16-17-18-19-20-21-22-23-24-25-26-27-28-29-30-31-32-34-36-38-40-42-46(50)47-44(43-48)45(49)41-39-37-35-33-12-10-8-6-4-2/h5,7,11,13,15-16,18-19,21-22,39,41,44-45,48-49H,3-4,6,8-10,12,14,17,20,23-38,40,42-43H2,1-2H3,(H,47,50)/b7-5-,13-11-,16-15-,19-18-,22-21-,41-39+. The van der Waals surface area contributed by atoms with Crippen molar-refractivity contribution in [3.63, 3.8) is 0 Å². The molecule has 0 saturated carbocycles. The zero-order valence-electron chi connectivity index (χ0n) is 32.9. The van der Waals surface area contributed by atoms with Crippen molar-refractivity contribution in [3.05, 3.63) is 72.9 Å². The SMILES string of the molecule is CC/C=C\C/C=C\C/C=C\C/C=C\C/C=C\CCCCCCCCCCCCCCCC(=O)NC(CO)C(O)/C=C/CCCCCCCCC. The highest BCUT2D eigenvalue weighted by molar-refractivity contribution is 5.76. The average Bonchev–Trinajstić information content (AvgIpc) is 3.12. The van der Waals surface area contributed by atoms with Crippen LogP contribution in [0.3, 0.4) is 0 Å². The van der Waals surface area contributed by atoms with Gasteiger partial charge in [-0.15, -0.1) is 0 Å². The van der Waals surface area contributed by atoms with Gasteiger partial charge in [0.2, 0.25) is 5.91 Å². The summed E-state index contributed by atoms with van der Waals surface area (Å²) in [5.41, 5.74) is 0. The minimum Gasteiger partial charge on any atom is -0.394 e. The molecule has 2 unspecified atom stereocenters. The number of aliphatic hydroxyl groups excluding tert-OH is 2. The van der Waals surface area contributed by atoms with E-state index in [4.69, 9.17) is 0 Å². The van der Waals surface area contributed by atoms with Crippen LogP contribution >= 0.6 is 0 Å². The van der Waals surface area contributed by atoms with Gasteiger partial charge in [-0.05, 0) is 64.2 Å². The molecule has 0 aromatic heterocycles. The van der Waals surface area contributed by atoms with Gasteiger partial charge in [-0.2, -0.15) is 0 Å². The third-order valence-corrected chi connectivity index (χ3v) is 9.20. The van der Waals surface area contributed by atoms with Crippen molar-refractivity contribution in [2.24, 2.45) is 0 Å². The van der Waals surface area contributed by atoms with Gasteiger partial charge in [0.05, 0.1) is 18.8 Å². The summed E-state index contributed by atoms with van der Waals surface area (Å²) < 4.78 is 0. The van der Waals surface area contributed by atoms with E-state index < -0.39 is 12.1 Å². The van der Waals surface area contributed by atoms with Crippen LogP contribution in [0.1, 0.15) is 194 Å². The van der Waals surface area contributed by atoms with E-state index in [-0.39, 0.29) is 12.5 Å². The second-order valence-electron chi connectivity index (χ2n) is 14.0. The number of aliphatic hydroxyl groups is 2. The lowest BCUT2D eigenvalue weighted by Gasteiger charge is -2.20. The highest BCUT2D eigenvalue weighted by atomic mass is 16.3. The lowest BCUT2D eigenvalue weighted by Crippen LogP contribution is -2.45. The summed E-state index contributed by atoms with van der Waals surface area (Å²) in [6.45, 7) is 4.15. The fourth-order valence-electron chi connectivity index (χ4n) is 5.97. The summed E-state index contributed by atoms with van der Waals surface area (Å²) in [6, 6.07) is -0.623. The van der Waals surface area contributed by atoms with E-state index in [2.05, 4.69) is 79.9 Å². The first-order chi connectivity index (χ1) is 24.7. The van der Waals surface area contributed by atoms with Crippen molar-refractivity contribution in [3.8, 4) is 0 Å². The molecule has 0 aliphatic heterocycles. The van der Waals surface area contributed by atoms with Gasteiger partial charge >= 0.3 is 0 Å². The van der Waals surface area contributed by atoms with Crippen LogP contribution in [0, 0.1) is 0 Å². The second-order valence-corrected chi connectivity index (χ2v) is 14.0. The van der Waals surface area contributed by atoms with Crippen molar-refractivity contribution in [2.45, 2.75) is 206 Å². The number of amides is 1. The Bertz CT molecular complexity index is 884. The molecule has 1 amide bonds. The molecule has 0 aromatic rings. The lowest BCUT2D eigenvalue weighted by molar-refractivity contribution is -0.123. The normalized spacial score (nSPS) is 13.8. The van der Waals surface area contributed by atoms with Crippen LogP contribution in [-0.4, -0.2) is 34.9 Å². The molecule has 4 nitrogen and oxygen atoms in total. The molecular formula is C46H81NO3. The molecular weight excluding hydrogens is 615 g/mol. The van der Waals surface area contributed by atoms with Gasteiger partial charge in [-0.1, -0.05) is 196 Å². The second kappa shape index (κ2) is 41.3. The van der Waals surface area contributed by atoms with Gasteiger partial charge in [0.25, 0.3) is 0 Å². The Morgan fingerprint density at radius 2 is 0.880 bits per heavy atom. The Kier molecular flexibility index (Phi) is 39.5. The van der Waals surface area contributed by atoms with Crippen LogP contribution in [0.15, 0.2) is 72.9 Å². The molecule has 2 atom stereocenters. The Hall–Kier alpha value is -2.17. The van der Waals surface area contributed by atoms with Crippen LogP contribution in [-0.2, 0) is 4.79 Å². The summed E-state index contributed by atoms with van der Waals surface area (Å²) in [6.07, 6.45) is 58.7. The predicted octanol–water partition coefficient (Wildman–Crippen LogP) is 13.1. The molecule has 0 aliphatic rings. The minimum atomic E-state index is -0.839. The number of unbranched alkanes of at least 4 members (excludes halogenated alkanes) is 20.